The fourth-order valence-electron chi connectivity index (χ4n) is 1.35. The van der Waals surface area contributed by atoms with E-state index in [4.69, 9.17) is 27.7 Å². The maximum absolute atomic E-state index is 11.8. The number of hydrogen-bond acceptors (Lipinski definition) is 4. The topological polar surface area (TPSA) is 68.0 Å². The van der Waals surface area contributed by atoms with E-state index in [1.807, 2.05) is 0 Å². The molecule has 7 heteroatoms. The predicted molar refractivity (Wildman–Crippen MR) is 66.7 cm³/mol. The van der Waals surface area contributed by atoms with E-state index in [2.05, 4.69) is 15.5 Å². The molecule has 0 aliphatic heterocycles. The average Bonchev–Trinajstić information content (AvgIpc) is 2.70. The van der Waals surface area contributed by atoms with Crippen molar-refractivity contribution < 1.29 is 9.32 Å². The Morgan fingerprint density at radius 2 is 2.00 bits per heavy atom. The maximum atomic E-state index is 11.8. The van der Waals surface area contributed by atoms with Crippen LogP contribution < -0.4 is 5.32 Å². The van der Waals surface area contributed by atoms with Gasteiger partial charge in [0, 0.05) is 15.6 Å². The van der Waals surface area contributed by atoms with E-state index in [0.717, 1.165) is 0 Å². The number of benzene rings is 1. The summed E-state index contributed by atoms with van der Waals surface area (Å²) in [6.07, 6.45) is 0. The third-order valence-electron chi connectivity index (χ3n) is 2.09. The van der Waals surface area contributed by atoms with Gasteiger partial charge in [-0.25, -0.2) is 0 Å². The minimum absolute atomic E-state index is 0.157. The molecule has 1 aromatic carbocycles. The summed E-state index contributed by atoms with van der Waals surface area (Å²) < 4.78 is 4.87. The van der Waals surface area contributed by atoms with Gasteiger partial charge >= 0.3 is 0 Å². The number of aromatic nitrogens is 2. The summed E-state index contributed by atoms with van der Waals surface area (Å²) in [5, 5.41) is 7.05. The molecule has 2 rings (SSSR count). The first-order valence-electron chi connectivity index (χ1n) is 5.08. The molecule has 0 spiro atoms. The van der Waals surface area contributed by atoms with Gasteiger partial charge in [-0.05, 0) is 25.1 Å². The van der Waals surface area contributed by atoms with Gasteiger partial charge in [0.05, 0.1) is 6.54 Å². The molecule has 1 N–H and O–H groups in total. The van der Waals surface area contributed by atoms with Gasteiger partial charge in [-0.2, -0.15) is 4.98 Å². The highest BCUT2D eigenvalue weighted by atomic mass is 35.5. The van der Waals surface area contributed by atoms with Crippen LogP contribution in [-0.2, 0) is 6.54 Å². The summed E-state index contributed by atoms with van der Waals surface area (Å²) in [5.74, 6) is 0.550. The molecular formula is C11H9Cl2N3O2. The molecule has 5 nitrogen and oxygen atoms in total. The van der Waals surface area contributed by atoms with E-state index in [9.17, 15) is 4.79 Å². The number of carbonyl (C=O) groups excluding carboxylic acids is 1. The SMILES string of the molecule is Cc1noc(CNC(=O)c2cc(Cl)cc(Cl)c2)n1. The lowest BCUT2D eigenvalue weighted by Gasteiger charge is -2.03. The quantitative estimate of drug-likeness (QED) is 0.941. The number of nitrogens with zero attached hydrogens (tertiary/aromatic N) is 2. The summed E-state index contributed by atoms with van der Waals surface area (Å²) in [6, 6.07) is 4.62. The van der Waals surface area contributed by atoms with E-state index >= 15 is 0 Å². The van der Waals surface area contributed by atoms with Gasteiger partial charge in [-0.15, -0.1) is 0 Å². The van der Waals surface area contributed by atoms with Crippen LogP contribution in [0.2, 0.25) is 10.0 Å². The standard InChI is InChI=1S/C11H9Cl2N3O2/c1-6-15-10(18-16-6)5-14-11(17)7-2-8(12)4-9(13)3-7/h2-4H,5H2,1H3,(H,14,17). The van der Waals surface area contributed by atoms with Crippen molar-refractivity contribution in [3.05, 3.63) is 45.5 Å². The Bertz CT molecular complexity index is 563. The van der Waals surface area contributed by atoms with Crippen LogP contribution in [0.1, 0.15) is 22.1 Å². The van der Waals surface area contributed by atoms with Crippen molar-refractivity contribution in [3.8, 4) is 0 Å². The van der Waals surface area contributed by atoms with Crippen LogP contribution in [-0.4, -0.2) is 16.0 Å². The fraction of sp³-hybridized carbons (Fsp3) is 0.182. The monoisotopic (exact) mass is 285 g/mol. The smallest absolute Gasteiger partial charge is 0.251 e. The van der Waals surface area contributed by atoms with Crippen molar-refractivity contribution >= 4 is 29.1 Å². The number of rotatable bonds is 3. The molecule has 0 fully saturated rings. The number of hydrogen-bond donors (Lipinski definition) is 1. The van der Waals surface area contributed by atoms with E-state index < -0.39 is 0 Å². The second-order valence-electron chi connectivity index (χ2n) is 3.58. The number of halogens is 2. The molecule has 0 radical (unpaired) electrons. The second kappa shape index (κ2) is 5.37. The van der Waals surface area contributed by atoms with Crippen molar-refractivity contribution in [1.82, 2.24) is 15.5 Å². The van der Waals surface area contributed by atoms with Crippen LogP contribution in [0.15, 0.2) is 22.7 Å². The van der Waals surface area contributed by atoms with Gasteiger partial charge in [0.15, 0.2) is 5.82 Å². The molecule has 0 unspecified atom stereocenters. The molecule has 0 aliphatic rings. The molecule has 0 bridgehead atoms. The largest absolute Gasteiger partial charge is 0.343 e. The van der Waals surface area contributed by atoms with Crippen LogP contribution in [0.25, 0.3) is 0 Å². The van der Waals surface area contributed by atoms with Crippen LogP contribution in [0.5, 0.6) is 0 Å². The molecule has 0 aliphatic carbocycles. The Hall–Kier alpha value is -1.59. The maximum Gasteiger partial charge on any atom is 0.251 e. The lowest BCUT2D eigenvalue weighted by atomic mass is 10.2. The van der Waals surface area contributed by atoms with Gasteiger partial charge in [0.1, 0.15) is 0 Å². The minimum Gasteiger partial charge on any atom is -0.343 e. The van der Waals surface area contributed by atoms with E-state index in [1.165, 1.54) is 12.1 Å². The molecule has 1 aromatic heterocycles. The molecule has 1 amide bonds. The molecule has 0 atom stereocenters. The molecular weight excluding hydrogens is 277 g/mol. The van der Waals surface area contributed by atoms with Crippen LogP contribution in [0.3, 0.4) is 0 Å². The number of carbonyl (C=O) groups is 1. The second-order valence-corrected chi connectivity index (χ2v) is 4.45. The first-order valence-corrected chi connectivity index (χ1v) is 5.83. The molecule has 0 saturated carbocycles. The van der Waals surface area contributed by atoms with Crippen molar-refractivity contribution in [1.29, 1.82) is 0 Å². The first kappa shape index (κ1) is 12.9. The number of amides is 1. The molecule has 18 heavy (non-hydrogen) atoms. The molecule has 1 heterocycles. The summed E-state index contributed by atoms with van der Waals surface area (Å²) in [5.41, 5.74) is 0.378. The van der Waals surface area contributed by atoms with Gasteiger partial charge < -0.3 is 9.84 Å². The van der Waals surface area contributed by atoms with Crippen molar-refractivity contribution in [3.63, 3.8) is 0 Å². The number of aryl methyl sites for hydroxylation is 1. The highest BCUT2D eigenvalue weighted by molar-refractivity contribution is 6.35. The van der Waals surface area contributed by atoms with Gasteiger partial charge in [-0.3, -0.25) is 4.79 Å². The lowest BCUT2D eigenvalue weighted by molar-refractivity contribution is 0.0946. The van der Waals surface area contributed by atoms with Gasteiger partial charge in [0.2, 0.25) is 5.89 Å². The summed E-state index contributed by atoms with van der Waals surface area (Å²) >= 11 is 11.6. The highest BCUT2D eigenvalue weighted by Crippen LogP contribution is 2.18. The third-order valence-corrected chi connectivity index (χ3v) is 2.53. The Balaban J connectivity index is 2.03. The van der Waals surface area contributed by atoms with Crippen LogP contribution in [0.4, 0.5) is 0 Å². The summed E-state index contributed by atoms with van der Waals surface area (Å²) in [7, 11) is 0. The number of nitrogens with one attached hydrogen (secondary N) is 1. The fourth-order valence-corrected chi connectivity index (χ4v) is 1.88. The highest BCUT2D eigenvalue weighted by Gasteiger charge is 2.09. The predicted octanol–water partition coefficient (Wildman–Crippen LogP) is 2.61. The normalized spacial score (nSPS) is 10.4. The Labute approximate surface area is 113 Å². The van der Waals surface area contributed by atoms with E-state index in [0.29, 0.717) is 27.3 Å². The zero-order chi connectivity index (χ0) is 13.1. The average molecular weight is 286 g/mol. The first-order chi connectivity index (χ1) is 8.54. The van der Waals surface area contributed by atoms with Crippen molar-refractivity contribution in [2.45, 2.75) is 13.5 Å². The Morgan fingerprint density at radius 1 is 1.33 bits per heavy atom. The summed E-state index contributed by atoms with van der Waals surface area (Å²) in [6.45, 7) is 1.86. The van der Waals surface area contributed by atoms with Crippen LogP contribution >= 0.6 is 23.2 Å². The van der Waals surface area contributed by atoms with E-state index in [-0.39, 0.29) is 12.5 Å². The van der Waals surface area contributed by atoms with E-state index in [1.54, 1.807) is 13.0 Å². The lowest BCUT2D eigenvalue weighted by Crippen LogP contribution is -2.22. The Kier molecular flexibility index (Phi) is 3.84. The van der Waals surface area contributed by atoms with Gasteiger partial charge in [0.25, 0.3) is 5.91 Å². The third kappa shape index (κ3) is 3.21. The van der Waals surface area contributed by atoms with Crippen LogP contribution in [0, 0.1) is 6.92 Å². The molecule has 2 aromatic rings. The minimum atomic E-state index is -0.310. The summed E-state index contributed by atoms with van der Waals surface area (Å²) in [4.78, 5) is 15.8. The zero-order valence-corrected chi connectivity index (χ0v) is 10.9. The Morgan fingerprint density at radius 3 is 2.56 bits per heavy atom. The molecule has 0 saturated heterocycles. The molecule has 94 valence electrons. The van der Waals surface area contributed by atoms with Crippen molar-refractivity contribution in [2.75, 3.05) is 0 Å². The zero-order valence-electron chi connectivity index (χ0n) is 9.41. The van der Waals surface area contributed by atoms with Gasteiger partial charge in [-0.1, -0.05) is 28.4 Å². The van der Waals surface area contributed by atoms with Crippen molar-refractivity contribution in [2.24, 2.45) is 0 Å².